The number of carbonyl (C=O) groups excluding carboxylic acids is 1. The molecule has 0 radical (unpaired) electrons. The van der Waals surface area contributed by atoms with Gasteiger partial charge >= 0.3 is 0 Å². The van der Waals surface area contributed by atoms with Crippen molar-refractivity contribution in [2.75, 3.05) is 24.3 Å². The molecule has 3 rings (SSSR count). The molecule has 1 aliphatic heterocycles. The van der Waals surface area contributed by atoms with Crippen molar-refractivity contribution in [2.24, 2.45) is 5.41 Å². The molecular formula is C12H13FN2O2. The number of halogens is 1. The number of methoxy groups -OCH3 is 1. The molecule has 0 saturated heterocycles. The monoisotopic (exact) mass is 236 g/mol. The third-order valence-electron chi connectivity index (χ3n) is 3.49. The van der Waals surface area contributed by atoms with Gasteiger partial charge in [0, 0.05) is 18.7 Å². The van der Waals surface area contributed by atoms with Crippen LogP contribution >= 0.6 is 0 Å². The SMILES string of the molecule is COc1cc2c(cc1F)NC(=O)C1(CC1)CN2. The number of rotatable bonds is 1. The fourth-order valence-electron chi connectivity index (χ4n) is 2.11. The maximum atomic E-state index is 13.5. The van der Waals surface area contributed by atoms with Gasteiger partial charge in [-0.05, 0) is 12.8 Å². The molecule has 0 aromatic heterocycles. The lowest BCUT2D eigenvalue weighted by Crippen LogP contribution is -2.27. The summed E-state index contributed by atoms with van der Waals surface area (Å²) in [5.41, 5.74) is 0.903. The van der Waals surface area contributed by atoms with Crippen molar-refractivity contribution in [3.05, 3.63) is 17.9 Å². The third-order valence-corrected chi connectivity index (χ3v) is 3.49. The number of fused-ring (bicyclic) bond motifs is 1. The number of hydrogen-bond acceptors (Lipinski definition) is 3. The Morgan fingerprint density at radius 3 is 2.76 bits per heavy atom. The number of benzene rings is 1. The normalized spacial score (nSPS) is 20.0. The van der Waals surface area contributed by atoms with Crippen molar-refractivity contribution in [3.8, 4) is 5.75 Å². The quantitative estimate of drug-likeness (QED) is 0.783. The van der Waals surface area contributed by atoms with Gasteiger partial charge in [-0.25, -0.2) is 4.39 Å². The van der Waals surface area contributed by atoms with Gasteiger partial charge in [0.1, 0.15) is 0 Å². The van der Waals surface area contributed by atoms with Gasteiger partial charge in [-0.1, -0.05) is 0 Å². The summed E-state index contributed by atoms with van der Waals surface area (Å²) >= 11 is 0. The lowest BCUT2D eigenvalue weighted by molar-refractivity contribution is -0.120. The van der Waals surface area contributed by atoms with Crippen molar-refractivity contribution in [2.45, 2.75) is 12.8 Å². The number of anilines is 2. The highest BCUT2D eigenvalue weighted by atomic mass is 19.1. The Hall–Kier alpha value is -1.78. The largest absolute Gasteiger partial charge is 0.494 e. The van der Waals surface area contributed by atoms with E-state index in [1.165, 1.54) is 13.2 Å². The molecule has 17 heavy (non-hydrogen) atoms. The molecule has 1 aromatic rings. The van der Waals surface area contributed by atoms with Crippen LogP contribution in [0.3, 0.4) is 0 Å². The molecule has 0 bridgehead atoms. The Morgan fingerprint density at radius 1 is 1.35 bits per heavy atom. The van der Waals surface area contributed by atoms with E-state index < -0.39 is 5.82 Å². The molecule has 1 aromatic carbocycles. The standard InChI is InChI=1S/C12H13FN2O2/c1-17-10-5-8-9(4-7(10)13)15-11(16)12(2-3-12)6-14-8/h4-5,14H,2-3,6H2,1H3,(H,15,16). The predicted molar refractivity (Wildman–Crippen MR) is 61.7 cm³/mol. The van der Waals surface area contributed by atoms with Crippen LogP contribution in [0.15, 0.2) is 12.1 Å². The molecule has 2 N–H and O–H groups in total. The third kappa shape index (κ3) is 1.53. The lowest BCUT2D eigenvalue weighted by Gasteiger charge is -2.10. The van der Waals surface area contributed by atoms with Crippen LogP contribution in [0, 0.1) is 11.2 Å². The van der Waals surface area contributed by atoms with Gasteiger partial charge in [0.15, 0.2) is 11.6 Å². The van der Waals surface area contributed by atoms with Gasteiger partial charge in [0.05, 0.1) is 23.9 Å². The summed E-state index contributed by atoms with van der Waals surface area (Å²) in [6.07, 6.45) is 1.78. The first-order chi connectivity index (χ1) is 8.14. The van der Waals surface area contributed by atoms with E-state index in [9.17, 15) is 9.18 Å². The summed E-state index contributed by atoms with van der Waals surface area (Å²) < 4.78 is 18.5. The molecule has 0 atom stereocenters. The van der Waals surface area contributed by atoms with Gasteiger partial charge in [0.25, 0.3) is 0 Å². The number of ether oxygens (including phenoxy) is 1. The van der Waals surface area contributed by atoms with E-state index in [4.69, 9.17) is 4.74 Å². The maximum Gasteiger partial charge on any atom is 0.232 e. The summed E-state index contributed by atoms with van der Waals surface area (Å²) in [5, 5.41) is 5.95. The van der Waals surface area contributed by atoms with E-state index in [1.54, 1.807) is 6.07 Å². The van der Waals surface area contributed by atoms with Crippen LogP contribution in [0.4, 0.5) is 15.8 Å². The Labute approximate surface area is 98.1 Å². The first-order valence-electron chi connectivity index (χ1n) is 5.57. The Kier molecular flexibility index (Phi) is 2.05. The van der Waals surface area contributed by atoms with Crippen LogP contribution in [0.2, 0.25) is 0 Å². The van der Waals surface area contributed by atoms with Crippen molar-refractivity contribution in [1.29, 1.82) is 0 Å². The Morgan fingerprint density at radius 2 is 2.12 bits per heavy atom. The summed E-state index contributed by atoms with van der Waals surface area (Å²) in [6, 6.07) is 2.87. The number of carbonyl (C=O) groups is 1. The molecular weight excluding hydrogens is 223 g/mol. The molecule has 1 fully saturated rings. The van der Waals surface area contributed by atoms with E-state index in [1.807, 2.05) is 0 Å². The summed E-state index contributed by atoms with van der Waals surface area (Å²) in [5.74, 6) is -0.314. The summed E-state index contributed by atoms with van der Waals surface area (Å²) in [6.45, 7) is 0.598. The molecule has 2 aliphatic rings. The van der Waals surface area contributed by atoms with Gasteiger partial charge in [-0.2, -0.15) is 0 Å². The molecule has 1 amide bonds. The number of hydrogen-bond donors (Lipinski definition) is 2. The zero-order valence-electron chi connectivity index (χ0n) is 9.47. The lowest BCUT2D eigenvalue weighted by atomic mass is 10.1. The molecule has 1 spiro atoms. The molecule has 4 nitrogen and oxygen atoms in total. The zero-order chi connectivity index (χ0) is 12.0. The maximum absolute atomic E-state index is 13.5. The van der Waals surface area contributed by atoms with Gasteiger partial charge in [0.2, 0.25) is 5.91 Å². The minimum Gasteiger partial charge on any atom is -0.494 e. The smallest absolute Gasteiger partial charge is 0.232 e. The molecule has 1 heterocycles. The number of nitrogens with one attached hydrogen (secondary N) is 2. The average molecular weight is 236 g/mol. The highest BCUT2D eigenvalue weighted by molar-refractivity contribution is 6.01. The Bertz CT molecular complexity index is 498. The van der Waals surface area contributed by atoms with Crippen molar-refractivity contribution in [1.82, 2.24) is 0 Å². The minimum absolute atomic E-state index is 0.0201. The topological polar surface area (TPSA) is 50.4 Å². The molecule has 1 aliphatic carbocycles. The predicted octanol–water partition coefficient (Wildman–Crippen LogP) is 1.98. The molecule has 0 unspecified atom stereocenters. The second-order valence-electron chi connectivity index (χ2n) is 4.62. The van der Waals surface area contributed by atoms with Crippen molar-refractivity contribution >= 4 is 17.3 Å². The minimum atomic E-state index is -0.472. The van der Waals surface area contributed by atoms with Gasteiger partial charge in [-0.3, -0.25) is 4.79 Å². The van der Waals surface area contributed by atoms with Crippen LogP contribution in [0.5, 0.6) is 5.75 Å². The zero-order valence-corrected chi connectivity index (χ0v) is 9.47. The van der Waals surface area contributed by atoms with Crippen LogP contribution in [-0.4, -0.2) is 19.6 Å². The van der Waals surface area contributed by atoms with E-state index >= 15 is 0 Å². The van der Waals surface area contributed by atoms with E-state index in [-0.39, 0.29) is 17.1 Å². The number of amides is 1. The molecule has 1 saturated carbocycles. The summed E-state index contributed by atoms with van der Waals surface area (Å²) in [7, 11) is 1.42. The second kappa shape index (κ2) is 3.35. The van der Waals surface area contributed by atoms with Gasteiger partial charge < -0.3 is 15.4 Å². The van der Waals surface area contributed by atoms with Crippen LogP contribution in [0.25, 0.3) is 0 Å². The van der Waals surface area contributed by atoms with E-state index in [0.29, 0.717) is 17.9 Å². The van der Waals surface area contributed by atoms with Crippen molar-refractivity contribution in [3.63, 3.8) is 0 Å². The first kappa shape index (κ1) is 10.4. The van der Waals surface area contributed by atoms with Crippen LogP contribution in [0.1, 0.15) is 12.8 Å². The van der Waals surface area contributed by atoms with E-state index in [0.717, 1.165) is 12.8 Å². The Balaban J connectivity index is 2.01. The molecule has 5 heteroatoms. The molecule has 90 valence electrons. The fraction of sp³-hybridized carbons (Fsp3) is 0.417. The second-order valence-corrected chi connectivity index (χ2v) is 4.62. The van der Waals surface area contributed by atoms with Crippen LogP contribution in [-0.2, 0) is 4.79 Å². The first-order valence-corrected chi connectivity index (χ1v) is 5.57. The van der Waals surface area contributed by atoms with Crippen LogP contribution < -0.4 is 15.4 Å². The average Bonchev–Trinajstić information content (AvgIpc) is 3.09. The van der Waals surface area contributed by atoms with E-state index in [2.05, 4.69) is 10.6 Å². The fourth-order valence-corrected chi connectivity index (χ4v) is 2.11. The highest BCUT2D eigenvalue weighted by Crippen LogP contribution is 2.49. The van der Waals surface area contributed by atoms with Gasteiger partial charge in [-0.15, -0.1) is 0 Å². The van der Waals surface area contributed by atoms with Crippen molar-refractivity contribution < 1.29 is 13.9 Å². The highest BCUT2D eigenvalue weighted by Gasteiger charge is 2.50. The summed E-state index contributed by atoms with van der Waals surface area (Å²) in [4.78, 5) is 11.9.